The molecule has 1 fully saturated rings. The molecule has 0 atom stereocenters. The molecule has 2 aliphatic rings. The van der Waals surface area contributed by atoms with E-state index >= 15 is 0 Å². The van der Waals surface area contributed by atoms with Crippen molar-refractivity contribution in [2.45, 2.75) is 32.6 Å². The number of anilines is 2. The molecule has 0 saturated carbocycles. The number of piperidine rings is 1. The number of fused-ring (bicyclic) bond motifs is 1. The van der Waals surface area contributed by atoms with Crippen LogP contribution in [0.2, 0.25) is 0 Å². The third kappa shape index (κ3) is 4.01. The number of likely N-dealkylation sites (tertiary alicyclic amines) is 1. The van der Waals surface area contributed by atoms with Crippen LogP contribution in [0.5, 0.6) is 0 Å². The van der Waals surface area contributed by atoms with E-state index < -0.39 is 0 Å². The number of carbonyl (C=O) groups excluding carboxylic acids is 1. The number of aromatic nitrogens is 1. The summed E-state index contributed by atoms with van der Waals surface area (Å²) in [7, 11) is 4.28. The van der Waals surface area contributed by atoms with E-state index in [1.54, 1.807) is 11.3 Å². The number of benzene rings is 1. The molecule has 1 N–H and O–H groups in total. The summed E-state index contributed by atoms with van der Waals surface area (Å²) in [5.74, 6) is 0.593. The Morgan fingerprint density at radius 1 is 1.26 bits per heavy atom. The van der Waals surface area contributed by atoms with Crippen LogP contribution in [0.3, 0.4) is 0 Å². The van der Waals surface area contributed by atoms with Gasteiger partial charge in [-0.3, -0.25) is 4.79 Å². The van der Waals surface area contributed by atoms with Crippen LogP contribution in [0.25, 0.3) is 11.3 Å². The molecular weight excluding hydrogens is 356 g/mol. The second-order valence-corrected chi connectivity index (χ2v) is 9.14. The maximum absolute atomic E-state index is 12.4. The monoisotopic (exact) mass is 384 g/mol. The zero-order chi connectivity index (χ0) is 19.0. The van der Waals surface area contributed by atoms with Crippen LogP contribution in [0.1, 0.15) is 29.7 Å². The number of rotatable bonds is 4. The Kier molecular flexibility index (Phi) is 5.19. The van der Waals surface area contributed by atoms with E-state index in [1.165, 1.54) is 11.3 Å². The van der Waals surface area contributed by atoms with Crippen molar-refractivity contribution < 1.29 is 4.79 Å². The number of thiazole rings is 1. The van der Waals surface area contributed by atoms with Crippen LogP contribution in [0, 0.1) is 12.8 Å². The van der Waals surface area contributed by atoms with Gasteiger partial charge in [-0.05, 0) is 69.9 Å². The fourth-order valence-electron chi connectivity index (χ4n) is 4.13. The van der Waals surface area contributed by atoms with E-state index in [4.69, 9.17) is 4.98 Å². The summed E-state index contributed by atoms with van der Waals surface area (Å²) in [4.78, 5) is 23.0. The Morgan fingerprint density at radius 2 is 2.04 bits per heavy atom. The molecular formula is C21H28N4OS. The van der Waals surface area contributed by atoms with Gasteiger partial charge in [0.1, 0.15) is 0 Å². The molecule has 1 amide bonds. The zero-order valence-electron chi connectivity index (χ0n) is 16.4. The number of likely N-dealkylation sites (N-methyl/N-ethyl adjacent to an activating group) is 1. The Hall–Kier alpha value is -1.92. The summed E-state index contributed by atoms with van der Waals surface area (Å²) in [6.45, 7) is 5.34. The van der Waals surface area contributed by atoms with Crippen molar-refractivity contribution in [1.82, 2.24) is 9.88 Å². The quantitative estimate of drug-likeness (QED) is 0.871. The van der Waals surface area contributed by atoms with Crippen LogP contribution in [-0.2, 0) is 11.2 Å². The average molecular weight is 385 g/mol. The molecule has 0 unspecified atom stereocenters. The lowest BCUT2D eigenvalue weighted by atomic mass is 9.93. The van der Waals surface area contributed by atoms with Crippen molar-refractivity contribution in [2.75, 3.05) is 43.9 Å². The normalized spacial score (nSPS) is 18.0. The molecule has 27 heavy (non-hydrogen) atoms. The summed E-state index contributed by atoms with van der Waals surface area (Å²) in [5.41, 5.74) is 4.84. The number of carbonyl (C=O) groups is 1. The topological polar surface area (TPSA) is 48.5 Å². The van der Waals surface area contributed by atoms with Crippen molar-refractivity contribution in [1.29, 1.82) is 0 Å². The highest BCUT2D eigenvalue weighted by Crippen LogP contribution is 2.35. The number of nitrogens with one attached hydrogen (secondary N) is 1. The first kappa shape index (κ1) is 18.4. The second-order valence-electron chi connectivity index (χ2n) is 7.94. The number of amides is 1. The minimum atomic E-state index is 0.0976. The molecule has 5 nitrogen and oxygen atoms in total. The third-order valence-electron chi connectivity index (χ3n) is 5.84. The second kappa shape index (κ2) is 7.60. The Balaban J connectivity index is 1.43. The van der Waals surface area contributed by atoms with Crippen molar-refractivity contribution in [3.05, 3.63) is 28.6 Å². The SMILES string of the molecule is Cc1sc(NC(=O)CC2CCN(C)CC2)nc1-c1ccc2c(c1)CCN2C. The van der Waals surface area contributed by atoms with Gasteiger partial charge in [-0.25, -0.2) is 4.98 Å². The molecule has 0 radical (unpaired) electrons. The number of nitrogens with zero attached hydrogens (tertiary/aromatic N) is 3. The van der Waals surface area contributed by atoms with E-state index in [-0.39, 0.29) is 5.91 Å². The predicted octanol–water partition coefficient (Wildman–Crippen LogP) is 3.78. The van der Waals surface area contributed by atoms with Gasteiger partial charge in [-0.2, -0.15) is 0 Å². The van der Waals surface area contributed by atoms with Gasteiger partial charge < -0.3 is 15.1 Å². The summed E-state index contributed by atoms with van der Waals surface area (Å²) in [6, 6.07) is 6.59. The smallest absolute Gasteiger partial charge is 0.226 e. The van der Waals surface area contributed by atoms with Crippen molar-refractivity contribution in [3.63, 3.8) is 0 Å². The zero-order valence-corrected chi connectivity index (χ0v) is 17.2. The highest BCUT2D eigenvalue weighted by Gasteiger charge is 2.21. The molecule has 144 valence electrons. The summed E-state index contributed by atoms with van der Waals surface area (Å²) >= 11 is 1.57. The van der Waals surface area contributed by atoms with E-state index in [1.807, 2.05) is 0 Å². The molecule has 1 aromatic carbocycles. The number of hydrogen-bond acceptors (Lipinski definition) is 5. The molecule has 1 aromatic heterocycles. The maximum atomic E-state index is 12.4. The Morgan fingerprint density at radius 3 is 2.81 bits per heavy atom. The van der Waals surface area contributed by atoms with Gasteiger partial charge in [0.25, 0.3) is 0 Å². The van der Waals surface area contributed by atoms with Gasteiger partial charge in [0.05, 0.1) is 5.69 Å². The molecule has 4 rings (SSSR count). The maximum Gasteiger partial charge on any atom is 0.226 e. The molecule has 2 aliphatic heterocycles. The Labute approximate surface area is 165 Å². The molecule has 0 bridgehead atoms. The van der Waals surface area contributed by atoms with Gasteiger partial charge in [0, 0.05) is 36.1 Å². The number of hydrogen-bond donors (Lipinski definition) is 1. The van der Waals surface area contributed by atoms with Gasteiger partial charge in [-0.15, -0.1) is 11.3 Å². The number of aryl methyl sites for hydroxylation is 1. The lowest BCUT2D eigenvalue weighted by Crippen LogP contribution is -2.31. The van der Waals surface area contributed by atoms with Gasteiger partial charge >= 0.3 is 0 Å². The predicted molar refractivity (Wildman–Crippen MR) is 113 cm³/mol. The van der Waals surface area contributed by atoms with Gasteiger partial charge in [0.2, 0.25) is 5.91 Å². The summed E-state index contributed by atoms with van der Waals surface area (Å²) < 4.78 is 0. The molecule has 0 aliphatic carbocycles. The molecule has 3 heterocycles. The lowest BCUT2D eigenvalue weighted by molar-refractivity contribution is -0.117. The van der Waals surface area contributed by atoms with E-state index in [2.05, 4.69) is 54.3 Å². The van der Waals surface area contributed by atoms with Crippen molar-refractivity contribution >= 4 is 28.1 Å². The van der Waals surface area contributed by atoms with Gasteiger partial charge in [-0.1, -0.05) is 6.07 Å². The van der Waals surface area contributed by atoms with Crippen molar-refractivity contribution in [2.24, 2.45) is 5.92 Å². The van der Waals surface area contributed by atoms with Crippen LogP contribution < -0.4 is 10.2 Å². The molecule has 0 spiro atoms. The van der Waals surface area contributed by atoms with Crippen LogP contribution >= 0.6 is 11.3 Å². The Bertz CT molecular complexity index is 839. The van der Waals surface area contributed by atoms with Crippen molar-refractivity contribution in [3.8, 4) is 11.3 Å². The standard InChI is InChI=1S/C21H28N4OS/c1-14-20(17-4-5-18-16(13-17)8-11-25(18)3)23-21(27-14)22-19(26)12-15-6-9-24(2)10-7-15/h4-5,13,15H,6-12H2,1-3H3,(H,22,23,26). The highest BCUT2D eigenvalue weighted by atomic mass is 32.1. The minimum absolute atomic E-state index is 0.0976. The first-order chi connectivity index (χ1) is 13.0. The fraction of sp³-hybridized carbons (Fsp3) is 0.524. The lowest BCUT2D eigenvalue weighted by Gasteiger charge is -2.28. The van der Waals surface area contributed by atoms with E-state index in [9.17, 15) is 4.79 Å². The molecule has 1 saturated heterocycles. The molecule has 6 heteroatoms. The third-order valence-corrected chi connectivity index (χ3v) is 6.72. The first-order valence-corrected chi connectivity index (χ1v) is 10.6. The van der Waals surface area contributed by atoms with Crippen LogP contribution in [0.15, 0.2) is 18.2 Å². The van der Waals surface area contributed by atoms with Crippen LogP contribution in [-0.4, -0.2) is 49.5 Å². The minimum Gasteiger partial charge on any atom is -0.374 e. The van der Waals surface area contributed by atoms with E-state index in [0.29, 0.717) is 12.3 Å². The van der Waals surface area contributed by atoms with E-state index in [0.717, 1.165) is 60.2 Å². The highest BCUT2D eigenvalue weighted by molar-refractivity contribution is 7.16. The largest absolute Gasteiger partial charge is 0.374 e. The molecule has 2 aromatic rings. The van der Waals surface area contributed by atoms with Gasteiger partial charge in [0.15, 0.2) is 5.13 Å². The summed E-state index contributed by atoms with van der Waals surface area (Å²) in [6.07, 6.45) is 3.90. The first-order valence-electron chi connectivity index (χ1n) is 9.80. The van der Waals surface area contributed by atoms with Crippen LogP contribution in [0.4, 0.5) is 10.8 Å². The average Bonchev–Trinajstić information content (AvgIpc) is 3.19. The fourth-order valence-corrected chi connectivity index (χ4v) is 4.98. The summed E-state index contributed by atoms with van der Waals surface area (Å²) in [5, 5.41) is 3.76.